The molecular formula is C12H18N4O4. The van der Waals surface area contributed by atoms with Crippen molar-refractivity contribution in [1.82, 2.24) is 4.98 Å². The van der Waals surface area contributed by atoms with Gasteiger partial charge in [-0.25, -0.2) is 4.98 Å². The number of aliphatic hydroxyl groups is 1. The largest absolute Gasteiger partial charge is 0.386 e. The molecule has 1 atom stereocenters. The van der Waals surface area contributed by atoms with E-state index in [9.17, 15) is 15.2 Å². The van der Waals surface area contributed by atoms with Gasteiger partial charge in [-0.3, -0.25) is 10.1 Å². The Morgan fingerprint density at radius 1 is 1.50 bits per heavy atom. The maximum atomic E-state index is 10.9. The van der Waals surface area contributed by atoms with Gasteiger partial charge >= 0.3 is 0 Å². The summed E-state index contributed by atoms with van der Waals surface area (Å²) < 4.78 is 5.14. The minimum absolute atomic E-state index is 0.0480. The fraction of sp³-hybridized carbons (Fsp3) is 0.583. The number of pyridine rings is 1. The second-order valence-electron chi connectivity index (χ2n) is 4.76. The molecule has 2 heterocycles. The molecule has 0 aliphatic carbocycles. The van der Waals surface area contributed by atoms with Gasteiger partial charge < -0.3 is 20.5 Å². The van der Waals surface area contributed by atoms with E-state index in [1.54, 1.807) is 0 Å². The Hall–Kier alpha value is -1.93. The van der Waals surface area contributed by atoms with E-state index in [0.29, 0.717) is 31.2 Å². The molecule has 2 rings (SSSR count). The van der Waals surface area contributed by atoms with Crippen LogP contribution in [0.25, 0.3) is 0 Å². The van der Waals surface area contributed by atoms with Gasteiger partial charge in [0.05, 0.1) is 23.7 Å². The third-order valence-electron chi connectivity index (χ3n) is 3.06. The van der Waals surface area contributed by atoms with Crippen LogP contribution >= 0.6 is 0 Å². The standard InChI is InChI=1S/C12H18N4O4/c1-2-13-10-5-9(16(18)19)6-11(15-10)14-7-12(17)3-4-20-8-12/h5-6,17H,2-4,7-8H2,1H3,(H2,13,14,15). The second kappa shape index (κ2) is 6.02. The van der Waals surface area contributed by atoms with E-state index in [2.05, 4.69) is 15.6 Å². The summed E-state index contributed by atoms with van der Waals surface area (Å²) in [5.74, 6) is 0.786. The van der Waals surface area contributed by atoms with Crippen LogP contribution in [0.2, 0.25) is 0 Å². The van der Waals surface area contributed by atoms with Crippen molar-refractivity contribution < 1.29 is 14.8 Å². The number of aromatic nitrogens is 1. The number of nitro groups is 1. The minimum atomic E-state index is -0.940. The van der Waals surface area contributed by atoms with Gasteiger partial charge in [-0.1, -0.05) is 0 Å². The number of hydrogen-bond acceptors (Lipinski definition) is 7. The van der Waals surface area contributed by atoms with Crippen LogP contribution in [0.5, 0.6) is 0 Å². The zero-order valence-corrected chi connectivity index (χ0v) is 11.3. The zero-order chi connectivity index (χ0) is 14.6. The Kier molecular flexibility index (Phi) is 4.35. The number of hydrogen-bond donors (Lipinski definition) is 3. The van der Waals surface area contributed by atoms with E-state index in [4.69, 9.17) is 4.74 Å². The van der Waals surface area contributed by atoms with Gasteiger partial charge in [0.15, 0.2) is 0 Å². The lowest BCUT2D eigenvalue weighted by Crippen LogP contribution is -2.37. The molecule has 1 saturated heterocycles. The lowest BCUT2D eigenvalue weighted by atomic mass is 10.0. The van der Waals surface area contributed by atoms with E-state index in [1.165, 1.54) is 12.1 Å². The normalized spacial score (nSPS) is 21.7. The Balaban J connectivity index is 2.11. The lowest BCUT2D eigenvalue weighted by molar-refractivity contribution is -0.384. The minimum Gasteiger partial charge on any atom is -0.386 e. The van der Waals surface area contributed by atoms with Crippen molar-refractivity contribution in [3.05, 3.63) is 22.2 Å². The second-order valence-corrected chi connectivity index (χ2v) is 4.76. The van der Waals surface area contributed by atoms with E-state index in [1.807, 2.05) is 6.92 Å². The van der Waals surface area contributed by atoms with Crippen LogP contribution < -0.4 is 10.6 Å². The van der Waals surface area contributed by atoms with Crippen molar-refractivity contribution in [3.8, 4) is 0 Å². The van der Waals surface area contributed by atoms with Gasteiger partial charge in [-0.2, -0.15) is 0 Å². The first-order valence-corrected chi connectivity index (χ1v) is 6.47. The molecular weight excluding hydrogens is 264 g/mol. The molecule has 1 aliphatic heterocycles. The van der Waals surface area contributed by atoms with Crippen molar-refractivity contribution in [2.24, 2.45) is 0 Å². The average Bonchev–Trinajstić information content (AvgIpc) is 2.84. The molecule has 0 radical (unpaired) electrons. The highest BCUT2D eigenvalue weighted by Crippen LogP contribution is 2.23. The number of rotatable bonds is 6. The molecule has 1 fully saturated rings. The molecule has 20 heavy (non-hydrogen) atoms. The first-order valence-electron chi connectivity index (χ1n) is 6.47. The first-order chi connectivity index (χ1) is 9.52. The Morgan fingerprint density at radius 2 is 2.20 bits per heavy atom. The SMILES string of the molecule is CCNc1cc([N+](=O)[O-])cc(NCC2(O)CCOC2)n1. The average molecular weight is 282 g/mol. The van der Waals surface area contributed by atoms with Crippen molar-refractivity contribution in [2.75, 3.05) is 36.9 Å². The maximum absolute atomic E-state index is 10.9. The zero-order valence-electron chi connectivity index (χ0n) is 11.3. The van der Waals surface area contributed by atoms with Crippen molar-refractivity contribution >= 4 is 17.3 Å². The van der Waals surface area contributed by atoms with Crippen LogP contribution in [0.15, 0.2) is 12.1 Å². The molecule has 8 nitrogen and oxygen atoms in total. The van der Waals surface area contributed by atoms with Gasteiger partial charge in [0.25, 0.3) is 5.69 Å². The quantitative estimate of drug-likeness (QED) is 0.527. The molecule has 3 N–H and O–H groups in total. The molecule has 0 spiro atoms. The maximum Gasteiger partial charge on any atom is 0.276 e. The smallest absolute Gasteiger partial charge is 0.276 e. The summed E-state index contributed by atoms with van der Waals surface area (Å²) in [6.45, 7) is 3.52. The van der Waals surface area contributed by atoms with Crippen molar-refractivity contribution in [3.63, 3.8) is 0 Å². The molecule has 8 heteroatoms. The topological polar surface area (TPSA) is 110 Å². The summed E-state index contributed by atoms with van der Waals surface area (Å²) in [5.41, 5.74) is -0.988. The van der Waals surface area contributed by atoms with Crippen LogP contribution in [0.1, 0.15) is 13.3 Å². The molecule has 1 unspecified atom stereocenters. The monoisotopic (exact) mass is 282 g/mol. The Morgan fingerprint density at radius 3 is 2.75 bits per heavy atom. The van der Waals surface area contributed by atoms with Crippen LogP contribution in [-0.2, 0) is 4.74 Å². The van der Waals surface area contributed by atoms with Crippen molar-refractivity contribution in [2.45, 2.75) is 18.9 Å². The van der Waals surface area contributed by atoms with Crippen LogP contribution in [0, 0.1) is 10.1 Å². The van der Waals surface area contributed by atoms with E-state index in [0.717, 1.165) is 0 Å². The fourth-order valence-corrected chi connectivity index (χ4v) is 1.97. The third kappa shape index (κ3) is 3.55. The summed E-state index contributed by atoms with van der Waals surface area (Å²) in [4.78, 5) is 14.6. The van der Waals surface area contributed by atoms with Gasteiger partial charge in [-0.05, 0) is 6.92 Å². The Bertz CT molecular complexity index is 488. The molecule has 1 aromatic heterocycles. The fourth-order valence-electron chi connectivity index (χ4n) is 1.97. The van der Waals surface area contributed by atoms with E-state index < -0.39 is 10.5 Å². The van der Waals surface area contributed by atoms with Gasteiger partial charge in [-0.15, -0.1) is 0 Å². The molecule has 1 aliphatic rings. The first kappa shape index (κ1) is 14.5. The molecule has 0 amide bonds. The van der Waals surface area contributed by atoms with Gasteiger partial charge in [0.1, 0.15) is 17.2 Å². The summed E-state index contributed by atoms with van der Waals surface area (Å²) in [5, 5.41) is 26.9. The molecule has 0 bridgehead atoms. The molecule has 110 valence electrons. The molecule has 0 saturated carbocycles. The highest BCUT2D eigenvalue weighted by Gasteiger charge is 2.32. The molecule has 1 aromatic rings. The number of anilines is 2. The van der Waals surface area contributed by atoms with E-state index in [-0.39, 0.29) is 18.8 Å². The number of nitrogens with zero attached hydrogens (tertiary/aromatic N) is 2. The summed E-state index contributed by atoms with van der Waals surface area (Å²) >= 11 is 0. The predicted molar refractivity (Wildman–Crippen MR) is 73.9 cm³/mol. The van der Waals surface area contributed by atoms with Gasteiger partial charge in [0.2, 0.25) is 0 Å². The van der Waals surface area contributed by atoms with Crippen LogP contribution in [0.3, 0.4) is 0 Å². The summed E-state index contributed by atoms with van der Waals surface area (Å²) in [6, 6.07) is 2.72. The predicted octanol–water partition coefficient (Wildman–Crippen LogP) is 0.985. The van der Waals surface area contributed by atoms with Crippen molar-refractivity contribution in [1.29, 1.82) is 0 Å². The van der Waals surface area contributed by atoms with Gasteiger partial charge in [0, 0.05) is 26.1 Å². The Labute approximate surface area is 116 Å². The molecule has 0 aromatic carbocycles. The number of nitrogens with one attached hydrogen (secondary N) is 2. The van der Waals surface area contributed by atoms with Crippen LogP contribution in [0.4, 0.5) is 17.3 Å². The highest BCUT2D eigenvalue weighted by atomic mass is 16.6. The third-order valence-corrected chi connectivity index (χ3v) is 3.06. The number of ether oxygens (including phenoxy) is 1. The van der Waals surface area contributed by atoms with E-state index >= 15 is 0 Å². The summed E-state index contributed by atoms with van der Waals surface area (Å²) in [6.07, 6.45) is 0.537. The van der Waals surface area contributed by atoms with Crippen LogP contribution in [-0.4, -0.2) is 46.9 Å². The highest BCUT2D eigenvalue weighted by molar-refractivity contribution is 5.54. The summed E-state index contributed by atoms with van der Waals surface area (Å²) in [7, 11) is 0. The lowest BCUT2D eigenvalue weighted by Gasteiger charge is -2.21.